The standard InChI is InChI=1S/C30H28ClFN8O5/c1-39(2)27(42)16-33-20-7-3-18(4-8-20)15-24(29(43)35-21-9-5-19(6-10-21)30(44)45)36-26(41)14-11-22-25(40-17-34-37-38-40)13-12-23(31)28(22)32/h3-14,17,24,33H,15-16H2,1-2H3,(H,35,43)(H,36,41)(H,44,45)/b14-11+/t24-/m0/s1. The van der Waals surface area contributed by atoms with Crippen molar-refractivity contribution in [2.24, 2.45) is 0 Å². The normalized spacial score (nSPS) is 11.6. The highest BCUT2D eigenvalue weighted by molar-refractivity contribution is 6.31. The van der Waals surface area contributed by atoms with E-state index in [1.165, 1.54) is 58.4 Å². The Morgan fingerprint density at radius 1 is 1.02 bits per heavy atom. The number of likely N-dealkylation sites (N-methyl/N-ethyl adjacent to an activating group) is 1. The van der Waals surface area contributed by atoms with Crippen molar-refractivity contribution in [1.29, 1.82) is 0 Å². The molecule has 0 bridgehead atoms. The lowest BCUT2D eigenvalue weighted by molar-refractivity contribution is -0.126. The first kappa shape index (κ1) is 32.3. The van der Waals surface area contributed by atoms with Gasteiger partial charge in [-0.1, -0.05) is 23.7 Å². The van der Waals surface area contributed by atoms with Crippen molar-refractivity contribution in [2.75, 3.05) is 31.3 Å². The molecule has 3 amide bonds. The molecule has 4 rings (SSSR count). The first-order chi connectivity index (χ1) is 21.5. The molecule has 0 saturated carbocycles. The number of nitrogens with one attached hydrogen (secondary N) is 3. The van der Waals surface area contributed by atoms with Gasteiger partial charge in [0.15, 0.2) is 5.82 Å². The third-order valence-corrected chi connectivity index (χ3v) is 6.77. The Bertz CT molecular complexity index is 1710. The Morgan fingerprint density at radius 2 is 1.71 bits per heavy atom. The van der Waals surface area contributed by atoms with Gasteiger partial charge in [0.2, 0.25) is 17.7 Å². The van der Waals surface area contributed by atoms with Gasteiger partial charge < -0.3 is 26.0 Å². The van der Waals surface area contributed by atoms with Crippen LogP contribution in [0.2, 0.25) is 5.02 Å². The fourth-order valence-electron chi connectivity index (χ4n) is 4.03. The van der Waals surface area contributed by atoms with Crippen LogP contribution in [0.1, 0.15) is 21.5 Å². The number of hydrogen-bond donors (Lipinski definition) is 4. The maximum atomic E-state index is 15.0. The fourth-order valence-corrected chi connectivity index (χ4v) is 4.19. The topological polar surface area (TPSA) is 171 Å². The Labute approximate surface area is 261 Å². The summed E-state index contributed by atoms with van der Waals surface area (Å²) in [6, 6.07) is 14.2. The van der Waals surface area contributed by atoms with Crippen LogP contribution in [-0.4, -0.2) is 80.6 Å². The molecule has 1 aromatic heterocycles. The minimum absolute atomic E-state index is 0.0401. The Balaban J connectivity index is 1.53. The number of carbonyl (C=O) groups excluding carboxylic acids is 3. The van der Waals surface area contributed by atoms with Crippen molar-refractivity contribution < 1.29 is 28.7 Å². The van der Waals surface area contributed by atoms with E-state index in [-0.39, 0.29) is 40.7 Å². The minimum atomic E-state index is -1.12. The molecule has 1 heterocycles. The summed E-state index contributed by atoms with van der Waals surface area (Å²) >= 11 is 5.96. The van der Waals surface area contributed by atoms with Crippen LogP contribution in [0, 0.1) is 5.82 Å². The van der Waals surface area contributed by atoms with Gasteiger partial charge >= 0.3 is 5.97 Å². The molecule has 0 fully saturated rings. The molecule has 232 valence electrons. The van der Waals surface area contributed by atoms with Gasteiger partial charge in [0.1, 0.15) is 12.4 Å². The quantitative estimate of drug-likeness (QED) is 0.171. The second-order valence-corrected chi connectivity index (χ2v) is 10.3. The monoisotopic (exact) mass is 634 g/mol. The molecule has 13 nitrogen and oxygen atoms in total. The van der Waals surface area contributed by atoms with Crippen LogP contribution in [0.25, 0.3) is 11.8 Å². The molecule has 0 aliphatic heterocycles. The number of anilines is 2. The van der Waals surface area contributed by atoms with Crippen LogP contribution in [-0.2, 0) is 20.8 Å². The largest absolute Gasteiger partial charge is 0.478 e. The zero-order valence-electron chi connectivity index (χ0n) is 24.1. The average Bonchev–Trinajstić information content (AvgIpc) is 3.56. The second-order valence-electron chi connectivity index (χ2n) is 9.86. The number of aromatic carboxylic acids is 1. The number of carbonyl (C=O) groups is 4. The molecule has 4 aromatic rings. The van der Waals surface area contributed by atoms with E-state index in [0.717, 1.165) is 6.08 Å². The zero-order chi connectivity index (χ0) is 32.5. The summed E-state index contributed by atoms with van der Waals surface area (Å²) in [5, 5.41) is 28.1. The lowest BCUT2D eigenvalue weighted by Gasteiger charge is -2.18. The van der Waals surface area contributed by atoms with E-state index in [2.05, 4.69) is 31.5 Å². The van der Waals surface area contributed by atoms with Crippen LogP contribution in [0.4, 0.5) is 15.8 Å². The SMILES string of the molecule is CN(C)C(=O)CNc1ccc(C[C@H](NC(=O)/C=C/c2c(-n3cnnn3)ccc(Cl)c2F)C(=O)Nc2ccc(C(=O)O)cc2)cc1. The number of nitrogens with zero attached hydrogens (tertiary/aromatic N) is 5. The predicted molar refractivity (Wildman–Crippen MR) is 164 cm³/mol. The highest BCUT2D eigenvalue weighted by atomic mass is 35.5. The molecule has 0 radical (unpaired) electrons. The number of aromatic nitrogens is 4. The van der Waals surface area contributed by atoms with Gasteiger partial charge in [0.25, 0.3) is 0 Å². The zero-order valence-corrected chi connectivity index (χ0v) is 24.8. The third-order valence-electron chi connectivity index (χ3n) is 6.48. The van der Waals surface area contributed by atoms with E-state index in [1.54, 1.807) is 38.4 Å². The molecule has 1 atom stereocenters. The first-order valence-corrected chi connectivity index (χ1v) is 13.8. The number of benzene rings is 3. The van der Waals surface area contributed by atoms with Gasteiger partial charge in [-0.25, -0.2) is 9.18 Å². The number of carboxylic acid groups (broad SMARTS) is 1. The van der Waals surface area contributed by atoms with Crippen molar-refractivity contribution in [3.63, 3.8) is 0 Å². The highest BCUT2D eigenvalue weighted by Crippen LogP contribution is 2.25. The molecule has 0 spiro atoms. The van der Waals surface area contributed by atoms with Gasteiger partial charge in [0.05, 0.1) is 22.8 Å². The van der Waals surface area contributed by atoms with Gasteiger partial charge in [-0.2, -0.15) is 4.68 Å². The molecule has 3 aromatic carbocycles. The van der Waals surface area contributed by atoms with Crippen molar-refractivity contribution in [3.8, 4) is 5.69 Å². The molecule has 45 heavy (non-hydrogen) atoms. The third kappa shape index (κ3) is 8.70. The molecular weight excluding hydrogens is 607 g/mol. The predicted octanol–water partition coefficient (Wildman–Crippen LogP) is 3.03. The molecule has 15 heteroatoms. The van der Waals surface area contributed by atoms with E-state index in [4.69, 9.17) is 16.7 Å². The van der Waals surface area contributed by atoms with Gasteiger partial charge in [-0.3, -0.25) is 14.4 Å². The molecule has 0 aliphatic rings. The van der Waals surface area contributed by atoms with Crippen LogP contribution >= 0.6 is 11.6 Å². The summed E-state index contributed by atoms with van der Waals surface area (Å²) in [5.41, 5.74) is 1.90. The molecule has 4 N–H and O–H groups in total. The van der Waals surface area contributed by atoms with Crippen LogP contribution in [0.15, 0.2) is 73.1 Å². The lowest BCUT2D eigenvalue weighted by atomic mass is 10.0. The number of amides is 3. The van der Waals surface area contributed by atoms with E-state index in [0.29, 0.717) is 16.9 Å². The summed E-state index contributed by atoms with van der Waals surface area (Å²) in [5.74, 6) is -3.31. The minimum Gasteiger partial charge on any atom is -0.478 e. The Kier molecular flexibility index (Phi) is 10.5. The maximum Gasteiger partial charge on any atom is 0.335 e. The molecular formula is C30H28ClFN8O5. The van der Waals surface area contributed by atoms with Crippen LogP contribution in [0.5, 0.6) is 0 Å². The number of halogens is 2. The van der Waals surface area contributed by atoms with Gasteiger partial charge in [-0.05, 0) is 70.6 Å². The number of hydrogen-bond acceptors (Lipinski definition) is 8. The molecule has 0 saturated heterocycles. The van der Waals surface area contributed by atoms with E-state index in [1.807, 2.05) is 0 Å². The summed E-state index contributed by atoms with van der Waals surface area (Å²) in [4.78, 5) is 50.9. The van der Waals surface area contributed by atoms with E-state index < -0.39 is 29.6 Å². The highest BCUT2D eigenvalue weighted by Gasteiger charge is 2.22. The lowest BCUT2D eigenvalue weighted by Crippen LogP contribution is -2.44. The van der Waals surface area contributed by atoms with Crippen molar-refractivity contribution in [3.05, 3.63) is 101 Å². The summed E-state index contributed by atoms with van der Waals surface area (Å²) in [7, 11) is 3.31. The Hall–Kier alpha value is -5.63. The van der Waals surface area contributed by atoms with Crippen LogP contribution in [0.3, 0.4) is 0 Å². The van der Waals surface area contributed by atoms with Gasteiger partial charge in [-0.15, -0.1) is 5.10 Å². The summed E-state index contributed by atoms with van der Waals surface area (Å²) in [6.45, 7) is 0.1000. The Morgan fingerprint density at radius 3 is 2.33 bits per heavy atom. The molecule has 0 unspecified atom stereocenters. The van der Waals surface area contributed by atoms with E-state index in [9.17, 15) is 23.6 Å². The summed E-state index contributed by atoms with van der Waals surface area (Å²) in [6.07, 6.45) is 3.57. The fraction of sp³-hybridized carbons (Fsp3) is 0.167. The van der Waals surface area contributed by atoms with Crippen molar-refractivity contribution in [2.45, 2.75) is 12.5 Å². The maximum absolute atomic E-state index is 15.0. The van der Waals surface area contributed by atoms with Crippen molar-refractivity contribution >= 4 is 52.7 Å². The van der Waals surface area contributed by atoms with E-state index >= 15 is 0 Å². The molecule has 0 aliphatic carbocycles. The van der Waals surface area contributed by atoms with Crippen molar-refractivity contribution in [1.82, 2.24) is 30.4 Å². The second kappa shape index (κ2) is 14.7. The first-order valence-electron chi connectivity index (χ1n) is 13.4. The van der Waals surface area contributed by atoms with Gasteiger partial charge in [0, 0.05) is 43.5 Å². The average molecular weight is 635 g/mol. The summed E-state index contributed by atoms with van der Waals surface area (Å²) < 4.78 is 16.2. The van der Waals surface area contributed by atoms with Crippen LogP contribution < -0.4 is 16.0 Å². The smallest absolute Gasteiger partial charge is 0.335 e. The number of rotatable bonds is 12. The number of carboxylic acids is 1. The number of tetrazole rings is 1.